The summed E-state index contributed by atoms with van der Waals surface area (Å²) in [6.07, 6.45) is 5.30. The summed E-state index contributed by atoms with van der Waals surface area (Å²) in [6.45, 7) is 15.3. The van der Waals surface area contributed by atoms with Gasteiger partial charge in [0.25, 0.3) is 0 Å². The maximum Gasteiger partial charge on any atom is 0.165 e. The number of likely N-dealkylation sites (N-methyl/N-ethyl adjacent to an activating group) is 1. The lowest BCUT2D eigenvalue weighted by Crippen LogP contribution is -2.67. The molecule has 0 unspecified atom stereocenters. The third-order valence-corrected chi connectivity index (χ3v) is 12.2. The molecular weight excluding hydrogens is 394 g/mol. The van der Waals surface area contributed by atoms with E-state index in [1.54, 1.807) is 0 Å². The zero-order chi connectivity index (χ0) is 21.1. The number of nitrogens with zero attached hydrogens (tertiary/aromatic N) is 1. The van der Waals surface area contributed by atoms with Crippen molar-refractivity contribution in [2.24, 2.45) is 5.92 Å². The zero-order valence-electron chi connectivity index (χ0n) is 18.8. The first-order valence-electron chi connectivity index (χ1n) is 11.1. The van der Waals surface area contributed by atoms with Crippen molar-refractivity contribution in [3.05, 3.63) is 23.3 Å². The average molecular weight is 430 g/mol. The molecule has 2 heterocycles. The van der Waals surface area contributed by atoms with Gasteiger partial charge in [0.1, 0.15) is 12.2 Å². The van der Waals surface area contributed by atoms with Crippen LogP contribution < -0.4 is 15.1 Å². The van der Waals surface area contributed by atoms with Crippen molar-refractivity contribution in [3.8, 4) is 11.5 Å². The number of phenolic OH excluding ortho intramolecular Hbond substituents is 1. The molecule has 2 bridgehead atoms. The Bertz CT molecular complexity index is 930. The third kappa shape index (κ3) is 2.37. The molecule has 4 nitrogen and oxygen atoms in total. The van der Waals surface area contributed by atoms with Gasteiger partial charge in [-0.2, -0.15) is 0 Å². The van der Waals surface area contributed by atoms with Crippen molar-refractivity contribution in [1.29, 1.82) is 0 Å². The van der Waals surface area contributed by atoms with Crippen molar-refractivity contribution < 1.29 is 14.9 Å². The Morgan fingerprint density at radius 1 is 1.07 bits per heavy atom. The van der Waals surface area contributed by atoms with E-state index < -0.39 is 22.3 Å². The van der Waals surface area contributed by atoms with Gasteiger partial charge in [-0.25, -0.2) is 0 Å². The monoisotopic (exact) mass is 429 g/mol. The maximum atomic E-state index is 11.6. The highest BCUT2D eigenvalue weighted by atomic mass is 28.3. The highest BCUT2D eigenvalue weighted by molar-refractivity contribution is 6.99. The van der Waals surface area contributed by atoms with Gasteiger partial charge >= 0.3 is 0 Å². The van der Waals surface area contributed by atoms with Gasteiger partial charge in [-0.15, -0.1) is 0 Å². The summed E-state index contributed by atoms with van der Waals surface area (Å²) >= 11 is 0. The van der Waals surface area contributed by atoms with Crippen LogP contribution in [0.5, 0.6) is 11.5 Å². The third-order valence-electron chi connectivity index (χ3n) is 7.94. The first-order chi connectivity index (χ1) is 13.4. The molecule has 4 aliphatic rings. The molecule has 2 aliphatic carbocycles. The predicted molar refractivity (Wildman–Crippen MR) is 124 cm³/mol. The molecule has 0 aromatic heterocycles. The highest BCUT2D eigenvalue weighted by Crippen LogP contribution is 2.62. The van der Waals surface area contributed by atoms with Gasteiger partial charge in [0.2, 0.25) is 0 Å². The molecular formula is C23H35NO3Si2. The summed E-state index contributed by atoms with van der Waals surface area (Å²) in [4.78, 5) is 2.52. The van der Waals surface area contributed by atoms with Crippen LogP contribution in [0.1, 0.15) is 17.5 Å². The molecule has 1 spiro atoms. The van der Waals surface area contributed by atoms with Gasteiger partial charge in [-0.1, -0.05) is 56.6 Å². The van der Waals surface area contributed by atoms with E-state index >= 15 is 0 Å². The molecule has 1 aromatic rings. The van der Waals surface area contributed by atoms with Gasteiger partial charge in [0, 0.05) is 22.9 Å². The Kier molecular flexibility index (Phi) is 3.96. The molecule has 1 fully saturated rings. The molecule has 0 amide bonds. The standard InChI is InChI=1S/C23H35NO3Si2/c1-24-11-10-23-14-8-9-16(25)22(23)27-19-17(23)13(12-15(14)24)20(28(2,3)4)21(18(19)26)29(5,6)7/h8-9,14-16,22,25-26H,10-12H2,1-7H3/t14-,15+,16-,22-,23-/m0/s1. The quantitative estimate of drug-likeness (QED) is 0.559. The molecule has 1 saturated heterocycles. The fraction of sp³-hybridized carbons (Fsp3) is 0.652. The lowest BCUT2D eigenvalue weighted by Gasteiger charge is -2.57. The number of hydrogen-bond acceptors (Lipinski definition) is 4. The second kappa shape index (κ2) is 5.78. The number of aliphatic hydroxyl groups excluding tert-OH is 1. The van der Waals surface area contributed by atoms with Crippen LogP contribution in [0.15, 0.2) is 12.2 Å². The van der Waals surface area contributed by atoms with Gasteiger partial charge in [0.15, 0.2) is 11.5 Å². The molecule has 6 heteroatoms. The first-order valence-corrected chi connectivity index (χ1v) is 18.1. The average Bonchev–Trinajstić information content (AvgIpc) is 2.94. The number of aromatic hydroxyl groups is 1. The number of rotatable bonds is 2. The van der Waals surface area contributed by atoms with Crippen molar-refractivity contribution in [1.82, 2.24) is 4.90 Å². The Morgan fingerprint density at radius 2 is 1.72 bits per heavy atom. The molecule has 2 aliphatic heterocycles. The molecule has 1 aromatic carbocycles. The number of aliphatic hydroxyl groups is 1. The molecule has 0 saturated carbocycles. The number of benzene rings is 1. The maximum absolute atomic E-state index is 11.6. The summed E-state index contributed by atoms with van der Waals surface area (Å²) in [6, 6.07) is 0.436. The van der Waals surface area contributed by atoms with E-state index in [4.69, 9.17) is 4.74 Å². The van der Waals surface area contributed by atoms with E-state index in [0.29, 0.717) is 23.5 Å². The predicted octanol–water partition coefficient (Wildman–Crippen LogP) is 2.29. The first kappa shape index (κ1) is 19.9. The minimum absolute atomic E-state index is 0.196. The Morgan fingerprint density at radius 3 is 2.34 bits per heavy atom. The minimum Gasteiger partial charge on any atom is -0.504 e. The molecule has 5 atom stereocenters. The van der Waals surface area contributed by atoms with E-state index in [9.17, 15) is 10.2 Å². The number of phenols is 1. The number of hydrogen-bond donors (Lipinski definition) is 2. The van der Waals surface area contributed by atoms with Crippen LogP contribution in [0.25, 0.3) is 0 Å². The van der Waals surface area contributed by atoms with E-state index in [2.05, 4.69) is 57.3 Å². The Hall–Kier alpha value is -1.09. The fourth-order valence-electron chi connectivity index (χ4n) is 6.94. The van der Waals surface area contributed by atoms with Gasteiger partial charge in [-0.3, -0.25) is 0 Å². The summed E-state index contributed by atoms with van der Waals surface area (Å²) in [5.41, 5.74) is 2.53. The molecule has 29 heavy (non-hydrogen) atoms. The summed E-state index contributed by atoms with van der Waals surface area (Å²) in [7, 11) is -1.29. The lowest BCUT2D eigenvalue weighted by molar-refractivity contribution is -0.0452. The smallest absolute Gasteiger partial charge is 0.165 e. The molecule has 5 rings (SSSR count). The molecule has 158 valence electrons. The largest absolute Gasteiger partial charge is 0.504 e. The van der Waals surface area contributed by atoms with Gasteiger partial charge < -0.3 is 19.8 Å². The van der Waals surface area contributed by atoms with E-state index in [-0.39, 0.29) is 11.5 Å². The van der Waals surface area contributed by atoms with Gasteiger partial charge in [-0.05, 0) is 37.2 Å². The fourth-order valence-corrected chi connectivity index (χ4v) is 12.9. The van der Waals surface area contributed by atoms with Crippen LogP contribution in [0.4, 0.5) is 0 Å². The van der Waals surface area contributed by atoms with Crippen LogP contribution >= 0.6 is 0 Å². The van der Waals surface area contributed by atoms with E-state index in [0.717, 1.165) is 19.4 Å². The Balaban J connectivity index is 1.92. The SMILES string of the molecule is CN1CC[C@]23c4c5c([Si](C)(C)C)c([Si](C)(C)C)c(O)c4O[C@H]2[C@@H](O)C=C[C@H]3[C@H]1C5. The van der Waals surface area contributed by atoms with Crippen LogP contribution in [-0.2, 0) is 11.8 Å². The van der Waals surface area contributed by atoms with Crippen molar-refractivity contribution in [3.63, 3.8) is 0 Å². The topological polar surface area (TPSA) is 52.9 Å². The zero-order valence-corrected chi connectivity index (χ0v) is 20.8. The van der Waals surface area contributed by atoms with Crippen LogP contribution in [0.2, 0.25) is 39.3 Å². The summed E-state index contributed by atoms with van der Waals surface area (Å²) in [5.74, 6) is 1.45. The number of ether oxygens (including phenoxy) is 1. The van der Waals surface area contributed by atoms with E-state index in [1.807, 2.05) is 6.08 Å². The molecule has 0 radical (unpaired) electrons. The van der Waals surface area contributed by atoms with E-state index in [1.165, 1.54) is 21.5 Å². The number of likely N-dealkylation sites (tertiary alicyclic amines) is 1. The molecule has 2 N–H and O–H groups in total. The van der Waals surface area contributed by atoms with Crippen LogP contribution in [-0.4, -0.2) is 63.1 Å². The van der Waals surface area contributed by atoms with Crippen molar-refractivity contribution >= 4 is 26.5 Å². The highest BCUT2D eigenvalue weighted by Gasteiger charge is 2.65. The van der Waals surface area contributed by atoms with Crippen LogP contribution in [0, 0.1) is 5.92 Å². The van der Waals surface area contributed by atoms with Gasteiger partial charge in [0.05, 0.1) is 16.1 Å². The second-order valence-electron chi connectivity index (χ2n) is 11.8. The second-order valence-corrected chi connectivity index (χ2v) is 21.8. The van der Waals surface area contributed by atoms with Crippen molar-refractivity contribution in [2.75, 3.05) is 13.6 Å². The Labute approximate surface area is 176 Å². The van der Waals surface area contributed by atoms with Crippen molar-refractivity contribution in [2.45, 2.75) is 75.8 Å². The minimum atomic E-state index is -1.81. The lowest BCUT2D eigenvalue weighted by atomic mass is 9.53. The summed E-state index contributed by atoms with van der Waals surface area (Å²) < 4.78 is 6.53. The summed E-state index contributed by atoms with van der Waals surface area (Å²) in [5, 5.41) is 25.2. The van der Waals surface area contributed by atoms with Crippen LogP contribution in [0.3, 0.4) is 0 Å². The number of piperidine rings is 1. The normalized spacial score (nSPS) is 35.4.